The summed E-state index contributed by atoms with van der Waals surface area (Å²) in [5, 5.41) is 2.92. The van der Waals surface area contributed by atoms with Crippen molar-refractivity contribution < 1.29 is 14.3 Å². The lowest BCUT2D eigenvalue weighted by Crippen LogP contribution is -2.42. The monoisotopic (exact) mass is 421 g/mol. The minimum Gasteiger partial charge on any atom is -0.494 e. The molecule has 1 aromatic carbocycles. The lowest BCUT2D eigenvalue weighted by Gasteiger charge is -2.33. The van der Waals surface area contributed by atoms with E-state index in [0.29, 0.717) is 30.6 Å². The first-order valence-electron chi connectivity index (χ1n) is 11.1. The maximum atomic E-state index is 12.6. The van der Waals surface area contributed by atoms with Crippen LogP contribution in [0.4, 0.5) is 10.5 Å². The number of piperidine rings is 1. The van der Waals surface area contributed by atoms with Crippen LogP contribution in [0.5, 0.6) is 11.6 Å². The number of nitrogens with zero attached hydrogens (tertiary/aromatic N) is 2. The van der Waals surface area contributed by atoms with Crippen molar-refractivity contribution in [3.8, 4) is 11.6 Å². The first kappa shape index (κ1) is 21.2. The Labute approximate surface area is 184 Å². The van der Waals surface area contributed by atoms with Gasteiger partial charge in [0.25, 0.3) is 0 Å². The Kier molecular flexibility index (Phi) is 6.75. The van der Waals surface area contributed by atoms with Crippen LogP contribution in [-0.2, 0) is 0 Å². The van der Waals surface area contributed by atoms with Gasteiger partial charge in [0.1, 0.15) is 5.75 Å². The molecule has 0 bridgehead atoms. The van der Waals surface area contributed by atoms with Gasteiger partial charge in [-0.25, -0.2) is 9.78 Å². The summed E-state index contributed by atoms with van der Waals surface area (Å²) in [6.07, 6.45) is 8.60. The zero-order valence-corrected chi connectivity index (χ0v) is 18.3. The molecule has 1 saturated heterocycles. The van der Waals surface area contributed by atoms with E-state index in [1.54, 1.807) is 25.4 Å². The Balaban J connectivity index is 1.31. The van der Waals surface area contributed by atoms with Gasteiger partial charge in [0, 0.05) is 19.2 Å². The fourth-order valence-electron chi connectivity index (χ4n) is 3.88. The molecule has 1 atom stereocenters. The number of rotatable bonds is 7. The molecule has 1 aliphatic heterocycles. The second-order valence-corrected chi connectivity index (χ2v) is 8.49. The number of carbonyl (C=O) groups is 1. The van der Waals surface area contributed by atoms with Gasteiger partial charge in [-0.1, -0.05) is 43.5 Å². The number of ether oxygens (including phenoxy) is 2. The number of urea groups is 1. The first-order valence-corrected chi connectivity index (χ1v) is 11.1. The van der Waals surface area contributed by atoms with Crippen LogP contribution in [-0.4, -0.2) is 42.7 Å². The molecule has 4 rings (SSSR count). The molecular weight excluding hydrogens is 390 g/mol. The average Bonchev–Trinajstić information content (AvgIpc) is 3.60. The highest BCUT2D eigenvalue weighted by molar-refractivity contribution is 5.89. The maximum Gasteiger partial charge on any atom is 0.321 e. The molecule has 2 amide bonds. The molecule has 0 spiro atoms. The molecule has 1 aliphatic carbocycles. The summed E-state index contributed by atoms with van der Waals surface area (Å²) in [7, 11) is 1.57. The third-order valence-corrected chi connectivity index (χ3v) is 5.98. The van der Waals surface area contributed by atoms with Crippen LogP contribution < -0.4 is 14.8 Å². The summed E-state index contributed by atoms with van der Waals surface area (Å²) in [6, 6.07) is 11.7. The predicted octanol–water partition coefficient (Wildman–Crippen LogP) is 5.23. The van der Waals surface area contributed by atoms with E-state index in [9.17, 15) is 4.79 Å². The van der Waals surface area contributed by atoms with Crippen LogP contribution >= 0.6 is 0 Å². The van der Waals surface area contributed by atoms with Crippen molar-refractivity contribution in [1.82, 2.24) is 9.88 Å². The molecule has 2 aliphatic rings. The quantitative estimate of drug-likeness (QED) is 0.665. The van der Waals surface area contributed by atoms with Gasteiger partial charge in [-0.05, 0) is 48.4 Å². The van der Waals surface area contributed by atoms with Crippen molar-refractivity contribution in [2.45, 2.75) is 32.6 Å². The third-order valence-electron chi connectivity index (χ3n) is 5.98. The minimum atomic E-state index is -0.0936. The van der Waals surface area contributed by atoms with Crippen LogP contribution in [0.15, 0.2) is 48.2 Å². The topological polar surface area (TPSA) is 63.7 Å². The van der Waals surface area contributed by atoms with Gasteiger partial charge in [0.2, 0.25) is 5.88 Å². The van der Waals surface area contributed by atoms with Gasteiger partial charge in [0.15, 0.2) is 0 Å². The van der Waals surface area contributed by atoms with Crippen molar-refractivity contribution in [2.24, 2.45) is 11.8 Å². The molecular formula is C25H31N3O3. The van der Waals surface area contributed by atoms with Gasteiger partial charge >= 0.3 is 6.03 Å². The summed E-state index contributed by atoms with van der Waals surface area (Å²) >= 11 is 0. The highest BCUT2D eigenvalue weighted by Crippen LogP contribution is 2.32. The van der Waals surface area contributed by atoms with Gasteiger partial charge in [-0.15, -0.1) is 0 Å². The van der Waals surface area contributed by atoms with E-state index in [2.05, 4.69) is 41.5 Å². The summed E-state index contributed by atoms with van der Waals surface area (Å²) in [6.45, 7) is 4.37. The number of carbonyl (C=O) groups excluding carboxylic acids is 1. The molecule has 2 fully saturated rings. The lowest BCUT2D eigenvalue weighted by atomic mass is 9.91. The molecule has 164 valence electrons. The fraction of sp³-hybridized carbons (Fsp3) is 0.440. The van der Waals surface area contributed by atoms with E-state index in [1.807, 2.05) is 11.0 Å². The van der Waals surface area contributed by atoms with Crippen LogP contribution in [0.2, 0.25) is 0 Å². The molecule has 1 aromatic heterocycles. The van der Waals surface area contributed by atoms with E-state index in [-0.39, 0.29) is 6.03 Å². The van der Waals surface area contributed by atoms with E-state index in [1.165, 1.54) is 18.4 Å². The Morgan fingerprint density at radius 3 is 2.87 bits per heavy atom. The number of nitrogens with one attached hydrogen (secondary N) is 1. The molecule has 1 N–H and O–H groups in total. The fourth-order valence-corrected chi connectivity index (χ4v) is 3.88. The van der Waals surface area contributed by atoms with Crippen molar-refractivity contribution in [3.05, 3.63) is 53.7 Å². The van der Waals surface area contributed by atoms with Crippen molar-refractivity contribution in [1.29, 1.82) is 0 Å². The number of methoxy groups -OCH3 is 1. The largest absolute Gasteiger partial charge is 0.494 e. The van der Waals surface area contributed by atoms with Gasteiger partial charge in [-0.2, -0.15) is 0 Å². The molecule has 6 heteroatoms. The number of likely N-dealkylation sites (tertiary alicyclic amines) is 1. The van der Waals surface area contributed by atoms with E-state index in [0.717, 1.165) is 36.7 Å². The second kappa shape index (κ2) is 9.86. The van der Waals surface area contributed by atoms with E-state index in [4.69, 9.17) is 9.47 Å². The summed E-state index contributed by atoms with van der Waals surface area (Å²) < 4.78 is 11.0. The van der Waals surface area contributed by atoms with Crippen molar-refractivity contribution in [2.75, 3.05) is 32.1 Å². The number of hydrogen-bond donors (Lipinski definition) is 1. The number of aromatic nitrogens is 1. The molecule has 6 nitrogen and oxygen atoms in total. The van der Waals surface area contributed by atoms with E-state index >= 15 is 0 Å². The third kappa shape index (κ3) is 6.00. The van der Waals surface area contributed by atoms with Crippen LogP contribution in [0.25, 0.3) is 6.08 Å². The Morgan fingerprint density at radius 2 is 2.16 bits per heavy atom. The van der Waals surface area contributed by atoms with Gasteiger partial charge in [-0.3, -0.25) is 0 Å². The zero-order chi connectivity index (χ0) is 21.6. The number of hydrogen-bond acceptors (Lipinski definition) is 4. The summed E-state index contributed by atoms with van der Waals surface area (Å²) in [4.78, 5) is 18.6. The maximum absolute atomic E-state index is 12.6. The smallest absolute Gasteiger partial charge is 0.321 e. The standard InChI is InChI=1S/C25H31N3O3/c1-18-17-28(25(29)27-22-8-9-24(30-2)26-16-22)12-10-21(18)14-20-4-3-5-23(15-20)31-13-11-19-6-7-19/h3-5,8-9,14-16,18-19H,6-7,10-13,17H2,1-2H3,(H,27,29). The molecule has 0 radical (unpaired) electrons. The zero-order valence-electron chi connectivity index (χ0n) is 18.3. The number of anilines is 1. The minimum absolute atomic E-state index is 0.0936. The Hall–Kier alpha value is -3.02. The predicted molar refractivity (Wildman–Crippen MR) is 122 cm³/mol. The van der Waals surface area contributed by atoms with Gasteiger partial charge in [0.05, 0.1) is 25.6 Å². The van der Waals surface area contributed by atoms with Crippen LogP contribution in [0.1, 0.15) is 38.2 Å². The highest BCUT2D eigenvalue weighted by atomic mass is 16.5. The molecule has 2 aromatic rings. The average molecular weight is 422 g/mol. The Bertz CT molecular complexity index is 922. The second-order valence-electron chi connectivity index (χ2n) is 8.49. The molecule has 31 heavy (non-hydrogen) atoms. The first-order chi connectivity index (χ1) is 15.1. The van der Waals surface area contributed by atoms with Crippen molar-refractivity contribution >= 4 is 17.8 Å². The molecule has 1 unspecified atom stereocenters. The summed E-state index contributed by atoms with van der Waals surface area (Å²) in [5.74, 6) is 2.65. The SMILES string of the molecule is COc1ccc(NC(=O)N2CCC(=Cc3cccc(OCCC4CC4)c3)C(C)C2)cn1. The Morgan fingerprint density at radius 1 is 1.29 bits per heavy atom. The highest BCUT2D eigenvalue weighted by Gasteiger charge is 2.24. The number of benzene rings is 1. The molecule has 2 heterocycles. The molecule has 1 saturated carbocycles. The summed E-state index contributed by atoms with van der Waals surface area (Å²) in [5.41, 5.74) is 3.19. The van der Waals surface area contributed by atoms with Crippen LogP contribution in [0, 0.1) is 11.8 Å². The van der Waals surface area contributed by atoms with Crippen molar-refractivity contribution in [3.63, 3.8) is 0 Å². The van der Waals surface area contributed by atoms with E-state index < -0.39 is 0 Å². The van der Waals surface area contributed by atoms with Gasteiger partial charge < -0.3 is 19.7 Å². The van der Waals surface area contributed by atoms with Crippen LogP contribution in [0.3, 0.4) is 0 Å². The number of pyridine rings is 1. The number of amides is 2. The normalized spacial score (nSPS) is 19.9. The lowest BCUT2D eigenvalue weighted by molar-refractivity contribution is 0.198.